The number of amides is 3. The maximum absolute atomic E-state index is 13.0. The highest BCUT2D eigenvalue weighted by Crippen LogP contribution is 2.29. The van der Waals surface area contributed by atoms with Crippen LogP contribution in [-0.4, -0.2) is 85.5 Å². The van der Waals surface area contributed by atoms with Crippen molar-refractivity contribution < 1.29 is 28.5 Å². The number of hydrogen-bond acceptors (Lipinski definition) is 8. The molecule has 0 saturated carbocycles. The standard InChI is InChI=1S/C33H38N6O6/c1-42-13-14-43-25-16-23-17-26(18-25)45-24-6-4-5-22(15-24)21-44-30-19-39(20-31-36-27-7-2-3-8-28(27)37-31)12-9-29(30)38-33(41)35-11-10-34-32(23)40/h2-8,15-18,29-30H,9-14,19-21H2,1H3,(H,34,40)(H,36,37)(H2,35,38,41)/t29-,30-/m0/s1. The van der Waals surface area contributed by atoms with Crippen molar-refractivity contribution in [1.29, 1.82) is 0 Å². The zero-order chi connectivity index (χ0) is 31.0. The number of methoxy groups -OCH3 is 1. The molecule has 6 rings (SSSR count). The van der Waals surface area contributed by atoms with Crippen molar-refractivity contribution in [1.82, 2.24) is 30.8 Å². The second-order valence-corrected chi connectivity index (χ2v) is 11.1. The molecule has 0 radical (unpaired) electrons. The molecule has 236 valence electrons. The van der Waals surface area contributed by atoms with Crippen molar-refractivity contribution in [2.75, 3.05) is 46.5 Å². The minimum absolute atomic E-state index is 0.193. The second-order valence-electron chi connectivity index (χ2n) is 11.1. The number of rotatable bonds is 6. The summed E-state index contributed by atoms with van der Waals surface area (Å²) < 4.78 is 23.5. The molecule has 0 unspecified atom stereocenters. The van der Waals surface area contributed by atoms with Crippen LogP contribution in [0, 0.1) is 0 Å². The molecule has 1 saturated heterocycles. The van der Waals surface area contributed by atoms with Crippen molar-refractivity contribution in [2.24, 2.45) is 0 Å². The van der Waals surface area contributed by atoms with Crippen LogP contribution in [0.3, 0.4) is 0 Å². The number of aromatic amines is 1. The Balaban J connectivity index is 1.20. The number of nitrogens with one attached hydrogen (secondary N) is 4. The van der Waals surface area contributed by atoms with Gasteiger partial charge < -0.3 is 39.9 Å². The summed E-state index contributed by atoms with van der Waals surface area (Å²) >= 11 is 0. The Morgan fingerprint density at radius 3 is 2.76 bits per heavy atom. The number of carbonyl (C=O) groups excluding carboxylic acids is 2. The summed E-state index contributed by atoms with van der Waals surface area (Å²) in [7, 11) is 1.60. The van der Waals surface area contributed by atoms with Crippen LogP contribution >= 0.6 is 0 Å². The molecule has 12 heteroatoms. The molecule has 4 bridgehead atoms. The van der Waals surface area contributed by atoms with Crippen LogP contribution in [0.15, 0.2) is 66.7 Å². The average Bonchev–Trinajstić information content (AvgIpc) is 3.45. The van der Waals surface area contributed by atoms with Gasteiger partial charge in [0.05, 0.1) is 42.9 Å². The van der Waals surface area contributed by atoms with Gasteiger partial charge in [-0.15, -0.1) is 0 Å². The van der Waals surface area contributed by atoms with Gasteiger partial charge in [-0.25, -0.2) is 9.78 Å². The van der Waals surface area contributed by atoms with E-state index in [0.717, 1.165) is 29.0 Å². The molecule has 2 atom stereocenters. The summed E-state index contributed by atoms with van der Waals surface area (Å²) in [6.07, 6.45) is 0.447. The van der Waals surface area contributed by atoms with Crippen LogP contribution in [0.5, 0.6) is 17.2 Å². The van der Waals surface area contributed by atoms with Crippen LogP contribution in [-0.2, 0) is 22.6 Å². The predicted molar refractivity (Wildman–Crippen MR) is 168 cm³/mol. The Bertz CT molecular complexity index is 1590. The van der Waals surface area contributed by atoms with Crippen LogP contribution in [0.1, 0.15) is 28.2 Å². The molecule has 3 amide bonds. The molecular formula is C33H38N6O6. The molecule has 2 aliphatic rings. The molecule has 3 aromatic carbocycles. The van der Waals surface area contributed by atoms with Gasteiger partial charge in [-0.1, -0.05) is 24.3 Å². The maximum Gasteiger partial charge on any atom is 0.315 e. The molecular weight excluding hydrogens is 576 g/mol. The van der Waals surface area contributed by atoms with Gasteiger partial charge in [0.2, 0.25) is 0 Å². The van der Waals surface area contributed by atoms with Crippen molar-refractivity contribution in [3.63, 3.8) is 0 Å². The average molecular weight is 615 g/mol. The first-order chi connectivity index (χ1) is 22.0. The summed E-state index contributed by atoms with van der Waals surface area (Å²) in [4.78, 5) is 36.3. The number of imidazole rings is 1. The normalized spacial score (nSPS) is 19.7. The largest absolute Gasteiger partial charge is 0.491 e. The fourth-order valence-electron chi connectivity index (χ4n) is 5.55. The summed E-state index contributed by atoms with van der Waals surface area (Å²) in [5.41, 5.74) is 3.24. The Morgan fingerprint density at radius 2 is 1.87 bits per heavy atom. The van der Waals surface area contributed by atoms with Crippen LogP contribution in [0.4, 0.5) is 4.79 Å². The van der Waals surface area contributed by atoms with E-state index in [1.165, 1.54) is 0 Å². The molecule has 4 aromatic rings. The van der Waals surface area contributed by atoms with E-state index in [1.807, 2.05) is 48.5 Å². The highest BCUT2D eigenvalue weighted by molar-refractivity contribution is 5.95. The van der Waals surface area contributed by atoms with Crippen LogP contribution in [0.25, 0.3) is 11.0 Å². The number of para-hydroxylation sites is 2. The van der Waals surface area contributed by atoms with Gasteiger partial charge in [-0.05, 0) is 48.4 Å². The molecule has 12 nitrogen and oxygen atoms in total. The Morgan fingerprint density at radius 1 is 0.978 bits per heavy atom. The third kappa shape index (κ3) is 8.09. The third-order valence-corrected chi connectivity index (χ3v) is 7.76. The van der Waals surface area contributed by atoms with Crippen molar-refractivity contribution in [3.05, 3.63) is 83.7 Å². The van der Waals surface area contributed by atoms with Gasteiger partial charge in [0.25, 0.3) is 5.91 Å². The lowest BCUT2D eigenvalue weighted by atomic mass is 10.0. The zero-order valence-corrected chi connectivity index (χ0v) is 25.2. The lowest BCUT2D eigenvalue weighted by molar-refractivity contribution is -0.0308. The highest BCUT2D eigenvalue weighted by Gasteiger charge is 2.32. The SMILES string of the molecule is COCCOc1cc2cc(c1)C(=O)NCCNC(=O)N[C@H]1CCN(Cc3nc4ccccc4[nH]3)C[C@@H]1OCc1cccc(c1)O2. The molecule has 2 aliphatic heterocycles. The number of ether oxygens (including phenoxy) is 4. The lowest BCUT2D eigenvalue weighted by Crippen LogP contribution is -2.56. The molecule has 4 N–H and O–H groups in total. The summed E-state index contributed by atoms with van der Waals surface area (Å²) in [6.45, 7) is 3.59. The van der Waals surface area contributed by atoms with Crippen molar-refractivity contribution in [2.45, 2.75) is 31.7 Å². The van der Waals surface area contributed by atoms with Gasteiger partial charge in [0.15, 0.2) is 0 Å². The number of benzene rings is 3. The summed E-state index contributed by atoms with van der Waals surface area (Å²) in [6, 6.07) is 20.2. The third-order valence-electron chi connectivity index (χ3n) is 7.76. The topological polar surface area (TPSA) is 139 Å². The van der Waals surface area contributed by atoms with E-state index in [2.05, 4.69) is 25.8 Å². The van der Waals surface area contributed by atoms with E-state index in [4.69, 9.17) is 23.9 Å². The van der Waals surface area contributed by atoms with Gasteiger partial charge in [-0.2, -0.15) is 0 Å². The minimum atomic E-state index is -0.306. The monoisotopic (exact) mass is 614 g/mol. The van der Waals surface area contributed by atoms with Crippen LogP contribution < -0.4 is 25.4 Å². The fraction of sp³-hybridized carbons (Fsp3) is 0.364. The van der Waals surface area contributed by atoms with E-state index in [1.54, 1.807) is 25.3 Å². The van der Waals surface area contributed by atoms with E-state index >= 15 is 0 Å². The number of H-pyrrole nitrogens is 1. The van der Waals surface area contributed by atoms with Crippen molar-refractivity contribution in [3.8, 4) is 17.2 Å². The predicted octanol–water partition coefficient (Wildman–Crippen LogP) is 3.58. The molecule has 1 fully saturated rings. The lowest BCUT2D eigenvalue weighted by Gasteiger charge is -2.38. The Kier molecular flexibility index (Phi) is 9.74. The smallest absolute Gasteiger partial charge is 0.315 e. The van der Waals surface area contributed by atoms with E-state index < -0.39 is 0 Å². The number of carbonyl (C=O) groups is 2. The number of aromatic nitrogens is 2. The van der Waals surface area contributed by atoms with E-state index in [9.17, 15) is 9.59 Å². The molecule has 45 heavy (non-hydrogen) atoms. The summed E-state index contributed by atoms with van der Waals surface area (Å²) in [5, 5.41) is 8.80. The zero-order valence-electron chi connectivity index (χ0n) is 25.2. The number of urea groups is 1. The number of likely N-dealkylation sites (tertiary alicyclic amines) is 1. The summed E-state index contributed by atoms with van der Waals surface area (Å²) in [5.74, 6) is 2.13. The van der Waals surface area contributed by atoms with Gasteiger partial charge in [-0.3, -0.25) is 9.69 Å². The van der Waals surface area contributed by atoms with E-state index in [-0.39, 0.29) is 37.2 Å². The van der Waals surface area contributed by atoms with Gasteiger partial charge >= 0.3 is 6.03 Å². The quantitative estimate of drug-likeness (QED) is 0.242. The first kappa shape index (κ1) is 30.4. The molecule has 3 heterocycles. The number of hydrogen-bond donors (Lipinski definition) is 4. The van der Waals surface area contributed by atoms with Gasteiger partial charge in [0, 0.05) is 44.9 Å². The highest BCUT2D eigenvalue weighted by atomic mass is 16.5. The number of piperidine rings is 1. The number of nitrogens with zero attached hydrogens (tertiary/aromatic N) is 2. The Hall–Kier alpha value is -4.65. The molecule has 0 aliphatic carbocycles. The first-order valence-corrected chi connectivity index (χ1v) is 15.2. The molecule has 0 spiro atoms. The van der Waals surface area contributed by atoms with E-state index in [0.29, 0.717) is 62.1 Å². The minimum Gasteiger partial charge on any atom is -0.491 e. The van der Waals surface area contributed by atoms with Crippen LogP contribution in [0.2, 0.25) is 0 Å². The van der Waals surface area contributed by atoms with Crippen molar-refractivity contribution >= 4 is 23.0 Å². The fourth-order valence-corrected chi connectivity index (χ4v) is 5.55. The number of fused-ring (bicyclic) bond motifs is 6. The molecule has 1 aromatic heterocycles. The first-order valence-electron chi connectivity index (χ1n) is 15.2. The maximum atomic E-state index is 13.0. The second kappa shape index (κ2) is 14.4. The Labute approximate surface area is 261 Å². The van der Waals surface area contributed by atoms with Gasteiger partial charge in [0.1, 0.15) is 29.7 Å².